The van der Waals surface area contributed by atoms with Crippen molar-refractivity contribution in [3.05, 3.63) is 34.3 Å². The van der Waals surface area contributed by atoms with Crippen LogP contribution in [0.1, 0.15) is 23.2 Å². The highest BCUT2D eigenvalue weighted by molar-refractivity contribution is 9.10. The highest BCUT2D eigenvalue weighted by Gasteiger charge is 2.41. The van der Waals surface area contributed by atoms with E-state index in [1.54, 1.807) is 0 Å². The van der Waals surface area contributed by atoms with Crippen LogP contribution in [0.3, 0.4) is 0 Å². The first-order valence-electron chi connectivity index (χ1n) is 7.58. The molecule has 1 unspecified atom stereocenters. The molecule has 1 saturated heterocycles. The van der Waals surface area contributed by atoms with Crippen LogP contribution >= 0.6 is 15.9 Å². The number of carboxylic acids is 1. The maximum Gasteiger partial charge on any atom is 0.321 e. The van der Waals surface area contributed by atoms with Crippen LogP contribution in [0.15, 0.2) is 28.7 Å². The first-order valence-corrected chi connectivity index (χ1v) is 8.37. The molecule has 0 bridgehead atoms. The zero-order chi connectivity index (χ0) is 15.7. The molecule has 1 heterocycles. The molecule has 6 heteroatoms. The first kappa shape index (κ1) is 15.5. The number of hydrogen-bond donors (Lipinski definition) is 1. The van der Waals surface area contributed by atoms with Gasteiger partial charge < -0.3 is 10.0 Å². The monoisotopic (exact) mass is 366 g/mol. The number of rotatable bonds is 4. The van der Waals surface area contributed by atoms with E-state index in [0.717, 1.165) is 17.3 Å². The van der Waals surface area contributed by atoms with Gasteiger partial charge in [-0.05, 0) is 43.0 Å². The Hall–Kier alpha value is -1.40. The standard InChI is InChI=1S/C16H19BrN2O3/c17-13-5-3-12(4-6-13)15(20)19-9-7-18(8-10-19)14(16(21)22)11-1-2-11/h3-6,11,14H,1-2,7-10H2,(H,21,22). The lowest BCUT2D eigenvalue weighted by molar-refractivity contribution is -0.144. The van der Waals surface area contributed by atoms with Gasteiger partial charge >= 0.3 is 5.97 Å². The third-order valence-corrected chi connectivity index (χ3v) is 4.94. The number of benzene rings is 1. The Kier molecular flexibility index (Phi) is 4.49. The molecule has 1 atom stereocenters. The van der Waals surface area contributed by atoms with Crippen molar-refractivity contribution in [3.63, 3.8) is 0 Å². The molecule has 3 rings (SSSR count). The highest BCUT2D eigenvalue weighted by atomic mass is 79.9. The quantitative estimate of drug-likeness (QED) is 0.885. The van der Waals surface area contributed by atoms with Gasteiger partial charge in [-0.2, -0.15) is 0 Å². The lowest BCUT2D eigenvalue weighted by Crippen LogP contribution is -2.54. The Morgan fingerprint density at radius 1 is 1.09 bits per heavy atom. The van der Waals surface area contributed by atoms with Crippen LogP contribution in [0.2, 0.25) is 0 Å². The van der Waals surface area contributed by atoms with Crippen LogP contribution in [-0.4, -0.2) is 59.0 Å². The minimum atomic E-state index is -0.727. The maximum atomic E-state index is 12.4. The number of hydrogen-bond acceptors (Lipinski definition) is 3. The number of carboxylic acid groups (broad SMARTS) is 1. The Morgan fingerprint density at radius 3 is 2.18 bits per heavy atom. The summed E-state index contributed by atoms with van der Waals surface area (Å²) in [5, 5.41) is 9.39. The summed E-state index contributed by atoms with van der Waals surface area (Å²) in [7, 11) is 0. The Morgan fingerprint density at radius 2 is 1.68 bits per heavy atom. The van der Waals surface area contributed by atoms with Gasteiger partial charge in [0.15, 0.2) is 0 Å². The lowest BCUT2D eigenvalue weighted by atomic mass is 10.1. The van der Waals surface area contributed by atoms with Gasteiger partial charge in [0.2, 0.25) is 0 Å². The fourth-order valence-corrected chi connectivity index (χ4v) is 3.31. The lowest BCUT2D eigenvalue weighted by Gasteiger charge is -2.37. The summed E-state index contributed by atoms with van der Waals surface area (Å²) in [6.45, 7) is 2.45. The SMILES string of the molecule is O=C(O)C(C1CC1)N1CCN(C(=O)c2ccc(Br)cc2)CC1. The topological polar surface area (TPSA) is 60.9 Å². The number of aliphatic carboxylic acids is 1. The van der Waals surface area contributed by atoms with Crippen LogP contribution in [0.25, 0.3) is 0 Å². The summed E-state index contributed by atoms with van der Waals surface area (Å²) in [5.41, 5.74) is 0.675. The van der Waals surface area contributed by atoms with E-state index in [9.17, 15) is 14.7 Å². The number of carbonyl (C=O) groups excluding carboxylic acids is 1. The molecule has 22 heavy (non-hydrogen) atoms. The van der Waals surface area contributed by atoms with Gasteiger partial charge in [0, 0.05) is 36.2 Å². The zero-order valence-corrected chi connectivity index (χ0v) is 13.8. The number of amides is 1. The second-order valence-electron chi connectivity index (χ2n) is 5.96. The van der Waals surface area contributed by atoms with Crippen LogP contribution in [-0.2, 0) is 4.79 Å². The summed E-state index contributed by atoms with van der Waals surface area (Å²) < 4.78 is 0.947. The van der Waals surface area contributed by atoms with Crippen molar-refractivity contribution in [2.24, 2.45) is 5.92 Å². The third-order valence-electron chi connectivity index (χ3n) is 4.41. The minimum Gasteiger partial charge on any atom is -0.480 e. The molecule has 2 aliphatic rings. The molecular weight excluding hydrogens is 348 g/mol. The van der Waals surface area contributed by atoms with Gasteiger partial charge in [-0.3, -0.25) is 14.5 Å². The molecule has 0 aromatic heterocycles. The highest BCUT2D eigenvalue weighted by Crippen LogP contribution is 2.35. The summed E-state index contributed by atoms with van der Waals surface area (Å²) in [6.07, 6.45) is 2.02. The normalized spacial score (nSPS) is 20.7. The summed E-state index contributed by atoms with van der Waals surface area (Å²) in [5.74, 6) is -0.410. The van der Waals surface area contributed by atoms with Crippen molar-refractivity contribution < 1.29 is 14.7 Å². The van der Waals surface area contributed by atoms with Crippen molar-refractivity contribution >= 4 is 27.8 Å². The van der Waals surface area contributed by atoms with E-state index in [-0.39, 0.29) is 11.9 Å². The van der Waals surface area contributed by atoms with E-state index in [4.69, 9.17) is 0 Å². The number of halogens is 1. The number of carbonyl (C=O) groups is 2. The summed E-state index contributed by atoms with van der Waals surface area (Å²) in [4.78, 5) is 27.7. The summed E-state index contributed by atoms with van der Waals surface area (Å²) >= 11 is 3.36. The molecule has 5 nitrogen and oxygen atoms in total. The molecule has 1 N–H and O–H groups in total. The van der Waals surface area contributed by atoms with Crippen molar-refractivity contribution in [1.29, 1.82) is 0 Å². The Labute approximate surface area is 138 Å². The number of piperazine rings is 1. The van der Waals surface area contributed by atoms with Gasteiger partial charge in [-0.25, -0.2) is 0 Å². The molecule has 1 aliphatic heterocycles. The van der Waals surface area contributed by atoms with E-state index in [1.165, 1.54) is 0 Å². The molecule has 1 aliphatic carbocycles. The predicted molar refractivity (Wildman–Crippen MR) is 85.8 cm³/mol. The van der Waals surface area contributed by atoms with Gasteiger partial charge in [0.05, 0.1) is 0 Å². The fourth-order valence-electron chi connectivity index (χ4n) is 3.05. The molecule has 2 fully saturated rings. The van der Waals surface area contributed by atoms with Gasteiger partial charge in [-0.15, -0.1) is 0 Å². The largest absolute Gasteiger partial charge is 0.480 e. The fraction of sp³-hybridized carbons (Fsp3) is 0.500. The van der Waals surface area contributed by atoms with Crippen molar-refractivity contribution in [2.75, 3.05) is 26.2 Å². The molecule has 1 aromatic rings. The van der Waals surface area contributed by atoms with Gasteiger partial charge in [0.25, 0.3) is 5.91 Å². The molecule has 0 radical (unpaired) electrons. The van der Waals surface area contributed by atoms with Crippen LogP contribution in [0.5, 0.6) is 0 Å². The molecule has 0 spiro atoms. The second kappa shape index (κ2) is 6.38. The van der Waals surface area contributed by atoms with E-state index >= 15 is 0 Å². The number of nitrogens with zero attached hydrogens (tertiary/aromatic N) is 2. The predicted octanol–water partition coefficient (Wildman–Crippen LogP) is 2.07. The molecule has 1 amide bonds. The molecular formula is C16H19BrN2O3. The van der Waals surface area contributed by atoms with Crippen molar-refractivity contribution in [3.8, 4) is 0 Å². The molecule has 1 aromatic carbocycles. The minimum absolute atomic E-state index is 0.0189. The van der Waals surface area contributed by atoms with Crippen LogP contribution in [0, 0.1) is 5.92 Å². The van der Waals surface area contributed by atoms with E-state index in [1.807, 2.05) is 34.1 Å². The van der Waals surface area contributed by atoms with E-state index in [0.29, 0.717) is 37.7 Å². The molecule has 1 saturated carbocycles. The third kappa shape index (κ3) is 3.33. The second-order valence-corrected chi connectivity index (χ2v) is 6.87. The summed E-state index contributed by atoms with van der Waals surface area (Å²) in [6, 6.07) is 6.96. The Balaban J connectivity index is 1.60. The van der Waals surface area contributed by atoms with Crippen LogP contribution < -0.4 is 0 Å². The smallest absolute Gasteiger partial charge is 0.321 e. The zero-order valence-electron chi connectivity index (χ0n) is 12.2. The maximum absolute atomic E-state index is 12.4. The van der Waals surface area contributed by atoms with Crippen LogP contribution in [0.4, 0.5) is 0 Å². The Bertz CT molecular complexity index is 563. The van der Waals surface area contributed by atoms with E-state index in [2.05, 4.69) is 15.9 Å². The van der Waals surface area contributed by atoms with E-state index < -0.39 is 5.97 Å². The van der Waals surface area contributed by atoms with Crippen molar-refractivity contribution in [1.82, 2.24) is 9.80 Å². The molecule has 118 valence electrons. The first-order chi connectivity index (χ1) is 10.6. The van der Waals surface area contributed by atoms with Gasteiger partial charge in [-0.1, -0.05) is 15.9 Å². The average molecular weight is 367 g/mol. The average Bonchev–Trinajstić information content (AvgIpc) is 3.33. The van der Waals surface area contributed by atoms with Crippen molar-refractivity contribution in [2.45, 2.75) is 18.9 Å². The van der Waals surface area contributed by atoms with Gasteiger partial charge in [0.1, 0.15) is 6.04 Å².